The summed E-state index contributed by atoms with van der Waals surface area (Å²) in [7, 11) is 0. The maximum absolute atomic E-state index is 12.9. The predicted molar refractivity (Wildman–Crippen MR) is 112 cm³/mol. The monoisotopic (exact) mass is 407 g/mol. The van der Waals surface area contributed by atoms with E-state index in [9.17, 15) is 9.59 Å². The van der Waals surface area contributed by atoms with E-state index in [4.69, 9.17) is 4.74 Å². The minimum atomic E-state index is -0.282. The van der Waals surface area contributed by atoms with Gasteiger partial charge in [0.25, 0.3) is 11.8 Å². The summed E-state index contributed by atoms with van der Waals surface area (Å²) < 4.78 is 5.51. The Balaban J connectivity index is 1.44. The Morgan fingerprint density at radius 2 is 1.97 bits per heavy atom. The Bertz CT molecular complexity index is 1000. The number of fused-ring (bicyclic) bond motifs is 1. The standard InChI is InChI=1S/C22H21N3O3S/c26-19(14-28-16-7-2-1-3-8-16)25-22-20(17-9-4-10-18(17)29-22)21(27)24-13-15-6-5-11-23-12-15/h1-3,5-8,11-12H,4,9-10,13-14H2,(H,24,27)(H,25,26). The number of para-hydroxylation sites is 1. The van der Waals surface area contributed by atoms with Crippen molar-refractivity contribution in [2.24, 2.45) is 0 Å². The van der Waals surface area contributed by atoms with Gasteiger partial charge in [0, 0.05) is 23.8 Å². The normalized spacial score (nSPS) is 12.3. The molecule has 0 bridgehead atoms. The van der Waals surface area contributed by atoms with E-state index in [1.165, 1.54) is 16.2 Å². The van der Waals surface area contributed by atoms with Crippen molar-refractivity contribution in [2.75, 3.05) is 11.9 Å². The lowest BCUT2D eigenvalue weighted by Gasteiger charge is -2.10. The summed E-state index contributed by atoms with van der Waals surface area (Å²) in [6, 6.07) is 12.9. The van der Waals surface area contributed by atoms with Crippen molar-refractivity contribution in [2.45, 2.75) is 25.8 Å². The molecule has 0 fully saturated rings. The largest absolute Gasteiger partial charge is 0.484 e. The molecule has 0 spiro atoms. The van der Waals surface area contributed by atoms with Crippen molar-refractivity contribution in [1.29, 1.82) is 0 Å². The van der Waals surface area contributed by atoms with Gasteiger partial charge < -0.3 is 15.4 Å². The first-order valence-electron chi connectivity index (χ1n) is 9.50. The lowest BCUT2D eigenvalue weighted by atomic mass is 10.1. The Hall–Kier alpha value is -3.19. The fourth-order valence-electron chi connectivity index (χ4n) is 3.33. The number of aryl methyl sites for hydroxylation is 1. The summed E-state index contributed by atoms with van der Waals surface area (Å²) in [6.07, 6.45) is 6.26. The van der Waals surface area contributed by atoms with Gasteiger partial charge in [-0.3, -0.25) is 14.6 Å². The van der Waals surface area contributed by atoms with Gasteiger partial charge in [-0.2, -0.15) is 0 Å². The van der Waals surface area contributed by atoms with Gasteiger partial charge >= 0.3 is 0 Å². The van der Waals surface area contributed by atoms with Crippen LogP contribution in [0.1, 0.15) is 32.8 Å². The number of carbonyl (C=O) groups is 2. The van der Waals surface area contributed by atoms with Gasteiger partial charge in [0.2, 0.25) is 0 Å². The van der Waals surface area contributed by atoms with E-state index in [2.05, 4.69) is 15.6 Å². The van der Waals surface area contributed by atoms with Crippen LogP contribution >= 0.6 is 11.3 Å². The average molecular weight is 407 g/mol. The third kappa shape index (κ3) is 4.63. The van der Waals surface area contributed by atoms with E-state index in [0.29, 0.717) is 22.9 Å². The van der Waals surface area contributed by atoms with Crippen LogP contribution in [-0.2, 0) is 24.2 Å². The second-order valence-electron chi connectivity index (χ2n) is 6.76. The third-order valence-electron chi connectivity index (χ3n) is 4.69. The van der Waals surface area contributed by atoms with Crippen LogP contribution in [0.5, 0.6) is 5.75 Å². The minimum Gasteiger partial charge on any atom is -0.484 e. The van der Waals surface area contributed by atoms with Crippen LogP contribution < -0.4 is 15.4 Å². The molecule has 29 heavy (non-hydrogen) atoms. The number of pyridine rings is 1. The number of thiophene rings is 1. The topological polar surface area (TPSA) is 80.3 Å². The van der Waals surface area contributed by atoms with Crippen LogP contribution in [0.25, 0.3) is 0 Å². The van der Waals surface area contributed by atoms with Gasteiger partial charge in [-0.25, -0.2) is 0 Å². The van der Waals surface area contributed by atoms with Gasteiger partial charge in [0.05, 0.1) is 5.56 Å². The molecule has 2 heterocycles. The van der Waals surface area contributed by atoms with E-state index in [1.807, 2.05) is 30.3 Å². The van der Waals surface area contributed by atoms with Crippen LogP contribution in [0.3, 0.4) is 0 Å². The quantitative estimate of drug-likeness (QED) is 0.627. The maximum Gasteiger partial charge on any atom is 0.262 e. The molecule has 0 saturated heterocycles. The van der Waals surface area contributed by atoms with Crippen LogP contribution in [0, 0.1) is 0 Å². The van der Waals surface area contributed by atoms with Gasteiger partial charge in [-0.1, -0.05) is 24.3 Å². The first kappa shape index (κ1) is 19.1. The van der Waals surface area contributed by atoms with Crippen molar-refractivity contribution in [3.63, 3.8) is 0 Å². The smallest absolute Gasteiger partial charge is 0.262 e. The molecule has 0 radical (unpaired) electrons. The molecule has 0 unspecified atom stereocenters. The number of aromatic nitrogens is 1. The second kappa shape index (κ2) is 8.87. The van der Waals surface area contributed by atoms with E-state index < -0.39 is 0 Å². The van der Waals surface area contributed by atoms with E-state index in [1.54, 1.807) is 24.5 Å². The zero-order valence-corrected chi connectivity index (χ0v) is 16.6. The number of nitrogens with zero attached hydrogens (tertiary/aromatic N) is 1. The zero-order chi connectivity index (χ0) is 20.1. The highest BCUT2D eigenvalue weighted by Crippen LogP contribution is 2.39. The van der Waals surface area contributed by atoms with Crippen molar-refractivity contribution in [3.8, 4) is 5.75 Å². The summed E-state index contributed by atoms with van der Waals surface area (Å²) in [5, 5.41) is 6.42. The molecule has 0 aliphatic heterocycles. The van der Waals surface area contributed by atoms with Crippen molar-refractivity contribution >= 4 is 28.2 Å². The number of rotatable bonds is 7. The van der Waals surface area contributed by atoms with Crippen molar-refractivity contribution in [3.05, 3.63) is 76.4 Å². The first-order valence-corrected chi connectivity index (χ1v) is 10.3. The molecule has 1 aromatic carbocycles. The Morgan fingerprint density at radius 1 is 1.10 bits per heavy atom. The summed E-state index contributed by atoms with van der Waals surface area (Å²) in [6.45, 7) is 0.283. The number of carbonyl (C=O) groups excluding carboxylic acids is 2. The molecule has 2 N–H and O–H groups in total. The van der Waals surface area contributed by atoms with Gasteiger partial charge in [-0.05, 0) is 48.6 Å². The highest BCUT2D eigenvalue weighted by Gasteiger charge is 2.27. The Kier molecular flexibility index (Phi) is 5.86. The fourth-order valence-corrected chi connectivity index (χ4v) is 4.64. The van der Waals surface area contributed by atoms with Gasteiger partial charge in [0.15, 0.2) is 6.61 Å². The summed E-state index contributed by atoms with van der Waals surface area (Å²) in [5.41, 5.74) is 2.56. The van der Waals surface area contributed by atoms with Crippen LogP contribution in [-0.4, -0.2) is 23.4 Å². The highest BCUT2D eigenvalue weighted by molar-refractivity contribution is 7.17. The first-order chi connectivity index (χ1) is 14.2. The van der Waals surface area contributed by atoms with Crippen LogP contribution in [0.4, 0.5) is 5.00 Å². The minimum absolute atomic E-state index is 0.108. The molecule has 0 atom stereocenters. The number of nitrogens with one attached hydrogen (secondary N) is 2. The number of benzene rings is 1. The Labute approximate surface area is 172 Å². The SMILES string of the molecule is O=C(COc1ccccc1)Nc1sc2c(c1C(=O)NCc1cccnc1)CCC2. The number of hydrogen-bond donors (Lipinski definition) is 2. The summed E-state index contributed by atoms with van der Waals surface area (Å²) in [5.74, 6) is 0.174. The Morgan fingerprint density at radius 3 is 2.76 bits per heavy atom. The number of amides is 2. The van der Waals surface area contributed by atoms with E-state index in [-0.39, 0.29) is 18.4 Å². The molecule has 3 aromatic rings. The summed E-state index contributed by atoms with van der Waals surface area (Å²) in [4.78, 5) is 30.6. The predicted octanol–water partition coefficient (Wildman–Crippen LogP) is 3.58. The molecular formula is C22H21N3O3S. The average Bonchev–Trinajstić information content (AvgIpc) is 3.33. The fraction of sp³-hybridized carbons (Fsp3) is 0.227. The lowest BCUT2D eigenvalue weighted by Crippen LogP contribution is -2.26. The molecular weight excluding hydrogens is 386 g/mol. The molecule has 6 nitrogen and oxygen atoms in total. The lowest BCUT2D eigenvalue weighted by molar-refractivity contribution is -0.118. The van der Waals surface area contributed by atoms with E-state index in [0.717, 1.165) is 30.4 Å². The molecule has 7 heteroatoms. The van der Waals surface area contributed by atoms with Crippen molar-refractivity contribution in [1.82, 2.24) is 10.3 Å². The van der Waals surface area contributed by atoms with E-state index >= 15 is 0 Å². The maximum atomic E-state index is 12.9. The van der Waals surface area contributed by atoms with Crippen LogP contribution in [0.2, 0.25) is 0 Å². The number of ether oxygens (including phenoxy) is 1. The zero-order valence-electron chi connectivity index (χ0n) is 15.8. The number of hydrogen-bond acceptors (Lipinski definition) is 5. The molecule has 2 aromatic heterocycles. The molecule has 2 amide bonds. The molecule has 4 rings (SSSR count). The molecule has 1 aliphatic rings. The highest BCUT2D eigenvalue weighted by atomic mass is 32.1. The van der Waals surface area contributed by atoms with Gasteiger partial charge in [-0.15, -0.1) is 11.3 Å². The molecule has 1 aliphatic carbocycles. The molecule has 0 saturated carbocycles. The third-order valence-corrected chi connectivity index (χ3v) is 5.90. The molecule has 148 valence electrons. The number of anilines is 1. The second-order valence-corrected chi connectivity index (χ2v) is 7.86. The van der Waals surface area contributed by atoms with Crippen molar-refractivity contribution < 1.29 is 14.3 Å². The van der Waals surface area contributed by atoms with Crippen LogP contribution in [0.15, 0.2) is 54.9 Å². The summed E-state index contributed by atoms with van der Waals surface area (Å²) >= 11 is 1.49. The van der Waals surface area contributed by atoms with Gasteiger partial charge in [0.1, 0.15) is 10.8 Å².